The van der Waals surface area contributed by atoms with Crippen LogP contribution in [0.5, 0.6) is 0 Å². The smallest absolute Gasteiger partial charge is 0.241 e. The topological polar surface area (TPSA) is 69.6 Å². The third-order valence-electron chi connectivity index (χ3n) is 5.25. The van der Waals surface area contributed by atoms with Crippen molar-refractivity contribution in [1.29, 1.82) is 0 Å². The lowest BCUT2D eigenvalue weighted by Gasteiger charge is -2.26. The zero-order chi connectivity index (χ0) is 19.3. The second kappa shape index (κ2) is 8.97. The molecule has 1 aliphatic heterocycles. The minimum atomic E-state index is -3.61. The molecule has 0 radical (unpaired) electrons. The molecule has 1 saturated heterocycles. The van der Waals surface area contributed by atoms with E-state index in [1.54, 1.807) is 12.1 Å². The van der Waals surface area contributed by atoms with Gasteiger partial charge in [0.15, 0.2) is 0 Å². The molecule has 0 aliphatic carbocycles. The summed E-state index contributed by atoms with van der Waals surface area (Å²) in [5, 5.41) is 9.52. The van der Waals surface area contributed by atoms with Gasteiger partial charge < -0.3 is 5.11 Å². The quantitative estimate of drug-likeness (QED) is 0.730. The van der Waals surface area contributed by atoms with Crippen molar-refractivity contribution in [2.75, 3.05) is 19.7 Å². The van der Waals surface area contributed by atoms with E-state index < -0.39 is 10.0 Å². The monoisotopic (exact) mass is 388 g/mol. The summed E-state index contributed by atoms with van der Waals surface area (Å²) in [6, 6.07) is 16.5. The molecule has 1 heterocycles. The van der Waals surface area contributed by atoms with Gasteiger partial charge in [-0.1, -0.05) is 48.0 Å². The summed E-state index contributed by atoms with van der Waals surface area (Å²) in [7, 11) is -3.61. The van der Waals surface area contributed by atoms with Crippen molar-refractivity contribution in [2.45, 2.75) is 43.2 Å². The normalized spacial score (nSPS) is 19.3. The Bertz CT molecular complexity index is 822. The summed E-state index contributed by atoms with van der Waals surface area (Å²) in [4.78, 5) is 2.54. The Hall–Kier alpha value is -1.73. The van der Waals surface area contributed by atoms with Gasteiger partial charge in [0, 0.05) is 18.6 Å². The second-order valence-corrected chi connectivity index (χ2v) is 8.91. The van der Waals surface area contributed by atoms with E-state index in [-0.39, 0.29) is 23.6 Å². The Morgan fingerprint density at radius 1 is 1.15 bits per heavy atom. The van der Waals surface area contributed by atoms with Crippen LogP contribution in [0.1, 0.15) is 36.4 Å². The number of rotatable bonds is 8. The molecule has 2 aromatic carbocycles. The lowest BCUT2D eigenvalue weighted by Crippen LogP contribution is -2.36. The first-order valence-corrected chi connectivity index (χ1v) is 11.0. The van der Waals surface area contributed by atoms with Crippen molar-refractivity contribution in [3.8, 4) is 0 Å². The fourth-order valence-corrected chi connectivity index (χ4v) is 4.90. The van der Waals surface area contributed by atoms with Gasteiger partial charge in [0.1, 0.15) is 0 Å². The summed E-state index contributed by atoms with van der Waals surface area (Å²) < 4.78 is 28.6. The number of hydrogen-bond donors (Lipinski definition) is 2. The standard InChI is InChI=1S/C21H28N2O3S/c1-17-9-11-20(12-10-17)27(25,26)22-21(18-6-3-2-4-7-18)13-15-23-14-5-8-19(23)16-24/h2-4,6-7,9-12,19,21-22,24H,5,8,13-16H2,1H3. The third-order valence-corrected chi connectivity index (χ3v) is 6.73. The zero-order valence-electron chi connectivity index (χ0n) is 15.7. The first-order valence-electron chi connectivity index (χ1n) is 9.48. The molecule has 2 unspecified atom stereocenters. The molecule has 2 N–H and O–H groups in total. The molecule has 0 amide bonds. The highest BCUT2D eigenvalue weighted by atomic mass is 32.2. The van der Waals surface area contributed by atoms with Crippen LogP contribution < -0.4 is 4.72 Å². The van der Waals surface area contributed by atoms with Gasteiger partial charge in [-0.2, -0.15) is 0 Å². The summed E-state index contributed by atoms with van der Waals surface area (Å²) in [6.45, 7) is 3.80. The fourth-order valence-electron chi connectivity index (χ4n) is 3.64. The largest absolute Gasteiger partial charge is 0.395 e. The number of nitrogens with zero attached hydrogens (tertiary/aromatic N) is 1. The van der Waals surface area contributed by atoms with Gasteiger partial charge >= 0.3 is 0 Å². The molecule has 146 valence electrons. The molecule has 5 nitrogen and oxygen atoms in total. The van der Waals surface area contributed by atoms with Crippen molar-refractivity contribution in [3.63, 3.8) is 0 Å². The lowest BCUT2D eigenvalue weighted by molar-refractivity contribution is 0.155. The highest BCUT2D eigenvalue weighted by Crippen LogP contribution is 2.24. The Morgan fingerprint density at radius 3 is 2.52 bits per heavy atom. The first kappa shape index (κ1) is 20.0. The van der Waals surface area contributed by atoms with Gasteiger partial charge in [-0.3, -0.25) is 4.90 Å². The average molecular weight is 389 g/mol. The van der Waals surface area contributed by atoms with Gasteiger partial charge in [0.05, 0.1) is 11.5 Å². The maximum atomic E-state index is 12.9. The van der Waals surface area contributed by atoms with Gasteiger partial charge in [0.25, 0.3) is 0 Å². The minimum Gasteiger partial charge on any atom is -0.395 e. The van der Waals surface area contributed by atoms with Crippen molar-refractivity contribution in [3.05, 3.63) is 65.7 Å². The van der Waals surface area contributed by atoms with Crippen LogP contribution in [-0.2, 0) is 10.0 Å². The van der Waals surface area contributed by atoms with Crippen molar-refractivity contribution >= 4 is 10.0 Å². The van der Waals surface area contributed by atoms with E-state index in [1.807, 2.05) is 49.4 Å². The van der Waals surface area contributed by atoms with Crippen LogP contribution in [0.2, 0.25) is 0 Å². The number of sulfonamides is 1. The fraction of sp³-hybridized carbons (Fsp3) is 0.429. The molecule has 0 spiro atoms. The third kappa shape index (κ3) is 5.17. The molecule has 0 bridgehead atoms. The Labute approximate surface area is 162 Å². The number of aliphatic hydroxyl groups is 1. The summed E-state index contributed by atoms with van der Waals surface area (Å²) in [5.74, 6) is 0. The van der Waals surface area contributed by atoms with Crippen LogP contribution in [0.15, 0.2) is 59.5 Å². The number of aliphatic hydroxyl groups excluding tert-OH is 1. The summed E-state index contributed by atoms with van der Waals surface area (Å²) >= 11 is 0. The van der Waals surface area contributed by atoms with E-state index in [0.29, 0.717) is 6.42 Å². The molecular weight excluding hydrogens is 360 g/mol. The predicted molar refractivity (Wildman–Crippen MR) is 107 cm³/mol. The molecule has 3 rings (SSSR count). The molecule has 1 aliphatic rings. The van der Waals surface area contributed by atoms with E-state index in [9.17, 15) is 13.5 Å². The molecular formula is C21H28N2O3S. The van der Waals surface area contributed by atoms with E-state index in [1.165, 1.54) is 0 Å². The number of nitrogens with one attached hydrogen (secondary N) is 1. The van der Waals surface area contributed by atoms with Crippen LogP contribution in [0.25, 0.3) is 0 Å². The van der Waals surface area contributed by atoms with Crippen molar-refractivity contribution in [2.24, 2.45) is 0 Å². The van der Waals surface area contributed by atoms with Gasteiger partial charge in [-0.25, -0.2) is 13.1 Å². The molecule has 2 aromatic rings. The van der Waals surface area contributed by atoms with Crippen LogP contribution >= 0.6 is 0 Å². The molecule has 0 saturated carbocycles. The van der Waals surface area contributed by atoms with Gasteiger partial charge in [-0.05, 0) is 50.4 Å². The van der Waals surface area contributed by atoms with Crippen LogP contribution in [0.3, 0.4) is 0 Å². The number of likely N-dealkylation sites (tertiary alicyclic amines) is 1. The Kier molecular flexibility index (Phi) is 6.65. The minimum absolute atomic E-state index is 0.158. The first-order chi connectivity index (χ1) is 13.0. The van der Waals surface area contributed by atoms with E-state index in [0.717, 1.165) is 37.1 Å². The van der Waals surface area contributed by atoms with E-state index in [4.69, 9.17) is 0 Å². The zero-order valence-corrected chi connectivity index (χ0v) is 16.5. The van der Waals surface area contributed by atoms with Gasteiger partial charge in [-0.15, -0.1) is 0 Å². The summed E-state index contributed by atoms with van der Waals surface area (Å²) in [5.41, 5.74) is 1.98. The lowest BCUT2D eigenvalue weighted by atomic mass is 10.0. The molecule has 1 fully saturated rings. The number of benzene rings is 2. The highest BCUT2D eigenvalue weighted by molar-refractivity contribution is 7.89. The molecule has 27 heavy (non-hydrogen) atoms. The Morgan fingerprint density at radius 2 is 1.85 bits per heavy atom. The van der Waals surface area contributed by atoms with Crippen LogP contribution in [0, 0.1) is 6.92 Å². The summed E-state index contributed by atoms with van der Waals surface area (Å²) in [6.07, 6.45) is 2.74. The SMILES string of the molecule is Cc1ccc(S(=O)(=O)NC(CCN2CCCC2CO)c2ccccc2)cc1. The average Bonchev–Trinajstić information content (AvgIpc) is 3.13. The number of aryl methyl sites for hydroxylation is 1. The van der Waals surface area contributed by atoms with Gasteiger partial charge in [0.2, 0.25) is 10.0 Å². The predicted octanol–water partition coefficient (Wildman–Crippen LogP) is 2.86. The van der Waals surface area contributed by atoms with E-state index in [2.05, 4.69) is 9.62 Å². The highest BCUT2D eigenvalue weighted by Gasteiger charge is 2.26. The van der Waals surface area contributed by atoms with Crippen LogP contribution in [0.4, 0.5) is 0 Å². The van der Waals surface area contributed by atoms with Crippen LogP contribution in [-0.4, -0.2) is 44.2 Å². The molecule has 0 aromatic heterocycles. The number of hydrogen-bond acceptors (Lipinski definition) is 4. The van der Waals surface area contributed by atoms with E-state index >= 15 is 0 Å². The molecule has 6 heteroatoms. The maximum absolute atomic E-state index is 12.9. The Balaban J connectivity index is 1.77. The van der Waals surface area contributed by atoms with Crippen molar-refractivity contribution < 1.29 is 13.5 Å². The molecule has 2 atom stereocenters. The second-order valence-electron chi connectivity index (χ2n) is 7.20. The van der Waals surface area contributed by atoms with Crippen molar-refractivity contribution in [1.82, 2.24) is 9.62 Å². The maximum Gasteiger partial charge on any atom is 0.241 e.